The van der Waals surface area contributed by atoms with Crippen LogP contribution in [0.3, 0.4) is 0 Å². The van der Waals surface area contributed by atoms with Crippen LogP contribution in [0.4, 0.5) is 0 Å². The maximum absolute atomic E-state index is 12.5. The molecule has 1 aliphatic rings. The maximum atomic E-state index is 12.5. The molecule has 5 nitrogen and oxygen atoms in total. The molecule has 0 saturated carbocycles. The van der Waals surface area contributed by atoms with Crippen molar-refractivity contribution >= 4 is 11.8 Å². The van der Waals surface area contributed by atoms with Crippen LogP contribution in [0.5, 0.6) is 5.75 Å². The zero-order valence-electron chi connectivity index (χ0n) is 13.0. The van der Waals surface area contributed by atoms with Crippen molar-refractivity contribution in [1.29, 1.82) is 0 Å². The molecule has 1 saturated heterocycles. The minimum atomic E-state index is -0.467. The number of nitrogens with one attached hydrogen (secondary N) is 1. The third-order valence-corrected chi connectivity index (χ3v) is 3.93. The molecule has 1 aromatic carbocycles. The van der Waals surface area contributed by atoms with Crippen molar-refractivity contribution in [2.75, 3.05) is 7.11 Å². The van der Waals surface area contributed by atoms with E-state index in [1.54, 1.807) is 18.9 Å². The van der Waals surface area contributed by atoms with E-state index in [4.69, 9.17) is 4.74 Å². The van der Waals surface area contributed by atoms with Gasteiger partial charge in [-0.05, 0) is 26.3 Å². The zero-order valence-corrected chi connectivity index (χ0v) is 13.0. The summed E-state index contributed by atoms with van der Waals surface area (Å²) in [5.74, 6) is 0.598. The van der Waals surface area contributed by atoms with Crippen LogP contribution in [0.25, 0.3) is 0 Å². The summed E-state index contributed by atoms with van der Waals surface area (Å²) >= 11 is 0. The number of carbonyl (C=O) groups excluding carboxylic acids is 2. The van der Waals surface area contributed by atoms with Gasteiger partial charge >= 0.3 is 0 Å². The summed E-state index contributed by atoms with van der Waals surface area (Å²) in [6.45, 7) is 6.02. The molecule has 0 spiro atoms. The Labute approximate surface area is 125 Å². The van der Waals surface area contributed by atoms with Gasteiger partial charge in [0.25, 0.3) is 0 Å². The second-order valence-electron chi connectivity index (χ2n) is 5.43. The average Bonchev–Trinajstić information content (AvgIpc) is 2.47. The van der Waals surface area contributed by atoms with Crippen molar-refractivity contribution in [2.45, 2.75) is 45.8 Å². The van der Waals surface area contributed by atoms with Crippen molar-refractivity contribution in [2.24, 2.45) is 0 Å². The number of benzene rings is 1. The minimum absolute atomic E-state index is 0.0341. The molecule has 1 aliphatic heterocycles. The lowest BCUT2D eigenvalue weighted by atomic mass is 10.0. The van der Waals surface area contributed by atoms with E-state index in [-0.39, 0.29) is 11.8 Å². The van der Waals surface area contributed by atoms with Crippen LogP contribution in [0, 0.1) is 6.92 Å². The van der Waals surface area contributed by atoms with E-state index < -0.39 is 12.1 Å². The highest BCUT2D eigenvalue weighted by Crippen LogP contribution is 2.24. The number of aryl methyl sites for hydroxylation is 1. The van der Waals surface area contributed by atoms with Gasteiger partial charge in [0.1, 0.15) is 17.8 Å². The van der Waals surface area contributed by atoms with Gasteiger partial charge in [0, 0.05) is 5.56 Å². The molecular formula is C16H22N2O3. The van der Waals surface area contributed by atoms with Crippen LogP contribution in [0.15, 0.2) is 18.2 Å². The van der Waals surface area contributed by atoms with Crippen LogP contribution in [-0.4, -0.2) is 35.9 Å². The normalized spacial score (nSPS) is 22.2. The molecule has 1 aromatic rings. The third-order valence-electron chi connectivity index (χ3n) is 3.93. The summed E-state index contributed by atoms with van der Waals surface area (Å²) in [4.78, 5) is 26.1. The number of carbonyl (C=O) groups is 2. The molecule has 1 fully saturated rings. The maximum Gasteiger partial charge on any atom is 0.246 e. The van der Waals surface area contributed by atoms with Crippen molar-refractivity contribution in [3.05, 3.63) is 29.3 Å². The molecule has 1 heterocycles. The van der Waals surface area contributed by atoms with Gasteiger partial charge in [-0.15, -0.1) is 0 Å². The highest BCUT2D eigenvalue weighted by molar-refractivity contribution is 5.96. The first-order valence-electron chi connectivity index (χ1n) is 7.22. The highest BCUT2D eigenvalue weighted by atomic mass is 16.5. The summed E-state index contributed by atoms with van der Waals surface area (Å²) in [7, 11) is 1.61. The Balaban J connectivity index is 2.30. The Morgan fingerprint density at radius 3 is 2.67 bits per heavy atom. The molecule has 2 rings (SSSR count). The van der Waals surface area contributed by atoms with Crippen LogP contribution in [0.1, 0.15) is 31.4 Å². The monoisotopic (exact) mass is 290 g/mol. The quantitative estimate of drug-likeness (QED) is 0.917. The molecular weight excluding hydrogens is 268 g/mol. The molecule has 0 radical (unpaired) electrons. The second kappa shape index (κ2) is 6.16. The first-order valence-corrected chi connectivity index (χ1v) is 7.22. The molecule has 0 aromatic heterocycles. The molecule has 114 valence electrons. The molecule has 1 N–H and O–H groups in total. The van der Waals surface area contributed by atoms with Crippen molar-refractivity contribution in [1.82, 2.24) is 10.2 Å². The lowest BCUT2D eigenvalue weighted by molar-refractivity contribution is -0.149. The smallest absolute Gasteiger partial charge is 0.246 e. The van der Waals surface area contributed by atoms with Gasteiger partial charge in [0.05, 0.1) is 13.7 Å². The molecule has 2 unspecified atom stereocenters. The number of piperazine rings is 1. The van der Waals surface area contributed by atoms with Crippen molar-refractivity contribution in [3.8, 4) is 5.75 Å². The van der Waals surface area contributed by atoms with Gasteiger partial charge < -0.3 is 15.0 Å². The third kappa shape index (κ3) is 3.01. The minimum Gasteiger partial charge on any atom is -0.496 e. The average molecular weight is 290 g/mol. The topological polar surface area (TPSA) is 58.6 Å². The Bertz CT molecular complexity index is 556. The van der Waals surface area contributed by atoms with Crippen molar-refractivity contribution in [3.63, 3.8) is 0 Å². The first-order chi connectivity index (χ1) is 9.97. The van der Waals surface area contributed by atoms with Gasteiger partial charge in [-0.3, -0.25) is 9.59 Å². The van der Waals surface area contributed by atoms with Crippen LogP contribution in [-0.2, 0) is 16.1 Å². The Morgan fingerprint density at radius 1 is 1.33 bits per heavy atom. The van der Waals surface area contributed by atoms with E-state index >= 15 is 0 Å². The van der Waals surface area contributed by atoms with Gasteiger partial charge in [-0.2, -0.15) is 0 Å². The summed E-state index contributed by atoms with van der Waals surface area (Å²) in [6, 6.07) is 4.95. The van der Waals surface area contributed by atoms with Gasteiger partial charge in [-0.25, -0.2) is 0 Å². The number of nitrogens with zero attached hydrogens (tertiary/aromatic N) is 1. The fraction of sp³-hybridized carbons (Fsp3) is 0.500. The molecule has 5 heteroatoms. The van der Waals surface area contributed by atoms with E-state index in [1.165, 1.54) is 0 Å². The van der Waals surface area contributed by atoms with E-state index in [1.807, 2.05) is 32.0 Å². The summed E-state index contributed by atoms with van der Waals surface area (Å²) < 4.78 is 5.35. The zero-order chi connectivity index (χ0) is 15.6. The van der Waals surface area contributed by atoms with Gasteiger partial charge in [-0.1, -0.05) is 24.6 Å². The van der Waals surface area contributed by atoms with E-state index in [2.05, 4.69) is 5.32 Å². The van der Waals surface area contributed by atoms with Crippen LogP contribution >= 0.6 is 0 Å². The second-order valence-corrected chi connectivity index (χ2v) is 5.43. The number of amides is 2. The fourth-order valence-corrected chi connectivity index (χ4v) is 2.59. The largest absolute Gasteiger partial charge is 0.496 e. The summed E-state index contributed by atoms with van der Waals surface area (Å²) in [5.41, 5.74) is 2.02. The van der Waals surface area contributed by atoms with E-state index in [0.29, 0.717) is 13.0 Å². The number of rotatable bonds is 4. The lowest BCUT2D eigenvalue weighted by Crippen LogP contribution is -2.61. The Morgan fingerprint density at radius 2 is 2.05 bits per heavy atom. The fourth-order valence-electron chi connectivity index (χ4n) is 2.59. The molecule has 0 aliphatic carbocycles. The van der Waals surface area contributed by atoms with Crippen molar-refractivity contribution < 1.29 is 14.3 Å². The molecule has 21 heavy (non-hydrogen) atoms. The number of hydrogen-bond donors (Lipinski definition) is 1. The SMILES string of the molecule is CCC1NC(=O)C(C)N(Cc2cc(C)ccc2OC)C1=O. The van der Waals surface area contributed by atoms with E-state index in [9.17, 15) is 9.59 Å². The molecule has 0 bridgehead atoms. The predicted octanol–water partition coefficient (Wildman–Crippen LogP) is 1.63. The van der Waals surface area contributed by atoms with Crippen LogP contribution < -0.4 is 10.1 Å². The molecule has 2 atom stereocenters. The number of ether oxygens (including phenoxy) is 1. The molecule has 2 amide bonds. The first kappa shape index (κ1) is 15.4. The Hall–Kier alpha value is -2.04. The summed E-state index contributed by atoms with van der Waals surface area (Å²) in [6.07, 6.45) is 0.596. The standard InChI is InChI=1S/C16H22N2O3/c1-5-13-16(20)18(11(3)15(19)17-13)9-12-8-10(2)6-7-14(12)21-4/h6-8,11,13H,5,9H2,1-4H3,(H,17,19). The Kier molecular flexibility index (Phi) is 4.50. The van der Waals surface area contributed by atoms with Gasteiger partial charge in [0.15, 0.2) is 0 Å². The number of hydrogen-bond acceptors (Lipinski definition) is 3. The predicted molar refractivity (Wildman–Crippen MR) is 80.0 cm³/mol. The number of methoxy groups -OCH3 is 1. The summed E-state index contributed by atoms with van der Waals surface area (Å²) in [5, 5.41) is 2.76. The lowest BCUT2D eigenvalue weighted by Gasteiger charge is -2.37. The highest BCUT2D eigenvalue weighted by Gasteiger charge is 2.37. The van der Waals surface area contributed by atoms with Gasteiger partial charge in [0.2, 0.25) is 11.8 Å². The van der Waals surface area contributed by atoms with Crippen LogP contribution in [0.2, 0.25) is 0 Å². The van der Waals surface area contributed by atoms with E-state index in [0.717, 1.165) is 16.9 Å².